The predicted octanol–water partition coefficient (Wildman–Crippen LogP) is 3.25. The molecule has 0 saturated carbocycles. The van der Waals surface area contributed by atoms with Gasteiger partial charge in [0.2, 0.25) is 0 Å². The Labute approximate surface area is 92.7 Å². The predicted molar refractivity (Wildman–Crippen MR) is 50.3 cm³/mol. The second-order valence-corrected chi connectivity index (χ2v) is 2.86. The first-order chi connectivity index (χ1) is 7.90. The molecule has 0 bridgehead atoms. The number of carbonyl (C=O) groups excluding carboxylic acids is 1. The van der Waals surface area contributed by atoms with Crippen LogP contribution in [-0.4, -0.2) is 12.0 Å². The standard InChI is InChI=1S/C9H3F3N4O/c10-9(11,12)8(17)6-3-5(4-13)1-2-7(6)15-16-14/h1-3H. The van der Waals surface area contributed by atoms with Crippen LogP contribution in [0.1, 0.15) is 15.9 Å². The Hall–Kier alpha value is -2.52. The lowest BCUT2D eigenvalue weighted by molar-refractivity contribution is -0.0884. The number of carbonyl (C=O) groups is 1. The van der Waals surface area contributed by atoms with Crippen LogP contribution in [0, 0.1) is 11.3 Å². The van der Waals surface area contributed by atoms with Crippen molar-refractivity contribution in [3.8, 4) is 6.07 Å². The molecule has 0 atom stereocenters. The molecule has 0 aliphatic heterocycles. The zero-order chi connectivity index (χ0) is 13.1. The Bertz CT molecular complexity index is 552. The van der Waals surface area contributed by atoms with Crippen molar-refractivity contribution in [2.75, 3.05) is 0 Å². The molecule has 8 heteroatoms. The number of ketones is 1. The van der Waals surface area contributed by atoms with Gasteiger partial charge < -0.3 is 0 Å². The summed E-state index contributed by atoms with van der Waals surface area (Å²) in [5.41, 5.74) is 6.72. The van der Waals surface area contributed by atoms with E-state index in [-0.39, 0.29) is 5.56 Å². The van der Waals surface area contributed by atoms with Crippen LogP contribution in [0.3, 0.4) is 0 Å². The topological polar surface area (TPSA) is 89.6 Å². The van der Waals surface area contributed by atoms with Gasteiger partial charge in [0, 0.05) is 16.2 Å². The van der Waals surface area contributed by atoms with Crippen LogP contribution in [0.25, 0.3) is 10.4 Å². The molecule has 0 unspecified atom stereocenters. The van der Waals surface area contributed by atoms with Crippen molar-refractivity contribution in [2.45, 2.75) is 6.18 Å². The number of hydrogen-bond donors (Lipinski definition) is 0. The van der Waals surface area contributed by atoms with Crippen LogP contribution in [0.15, 0.2) is 23.3 Å². The molecule has 86 valence electrons. The summed E-state index contributed by atoms with van der Waals surface area (Å²) < 4.78 is 36.7. The molecule has 0 aromatic heterocycles. The average Bonchev–Trinajstić information content (AvgIpc) is 2.28. The van der Waals surface area contributed by atoms with E-state index < -0.39 is 23.2 Å². The zero-order valence-corrected chi connectivity index (χ0v) is 8.06. The van der Waals surface area contributed by atoms with Crippen molar-refractivity contribution >= 4 is 11.5 Å². The normalized spacial score (nSPS) is 10.2. The van der Waals surface area contributed by atoms with E-state index in [1.54, 1.807) is 6.07 Å². The molecule has 0 aliphatic carbocycles. The molecule has 0 radical (unpaired) electrons. The summed E-state index contributed by atoms with van der Waals surface area (Å²) in [5, 5.41) is 11.5. The SMILES string of the molecule is N#Cc1ccc(N=[N+]=[N-])c(C(=O)C(F)(F)F)c1. The number of Topliss-reactive ketones (excluding diaryl/α,β-unsaturated/α-hetero) is 1. The molecule has 5 nitrogen and oxygen atoms in total. The van der Waals surface area contributed by atoms with Gasteiger partial charge in [-0.1, -0.05) is 11.2 Å². The Kier molecular flexibility index (Phi) is 3.36. The van der Waals surface area contributed by atoms with Crippen molar-refractivity contribution in [3.63, 3.8) is 0 Å². The summed E-state index contributed by atoms with van der Waals surface area (Å²) in [6.45, 7) is 0. The van der Waals surface area contributed by atoms with E-state index in [1.807, 2.05) is 0 Å². The van der Waals surface area contributed by atoms with Gasteiger partial charge in [-0.25, -0.2) is 0 Å². The number of benzene rings is 1. The minimum Gasteiger partial charge on any atom is -0.284 e. The highest BCUT2D eigenvalue weighted by molar-refractivity contribution is 6.04. The van der Waals surface area contributed by atoms with E-state index in [2.05, 4.69) is 10.0 Å². The monoisotopic (exact) mass is 240 g/mol. The number of alkyl halides is 3. The van der Waals surface area contributed by atoms with Crippen molar-refractivity contribution in [2.24, 2.45) is 5.11 Å². The number of azide groups is 1. The third-order valence-electron chi connectivity index (χ3n) is 1.78. The molecular formula is C9H3F3N4O. The fraction of sp³-hybridized carbons (Fsp3) is 0.111. The third-order valence-corrected chi connectivity index (χ3v) is 1.78. The van der Waals surface area contributed by atoms with E-state index in [9.17, 15) is 18.0 Å². The quantitative estimate of drug-likeness (QED) is 0.343. The van der Waals surface area contributed by atoms with Crippen molar-refractivity contribution in [3.05, 3.63) is 39.8 Å². The van der Waals surface area contributed by atoms with Crippen molar-refractivity contribution < 1.29 is 18.0 Å². The molecule has 0 amide bonds. The highest BCUT2D eigenvalue weighted by Crippen LogP contribution is 2.28. The van der Waals surface area contributed by atoms with Crippen molar-refractivity contribution in [1.82, 2.24) is 0 Å². The Morgan fingerprint density at radius 1 is 1.47 bits per heavy atom. The number of nitriles is 1. The molecule has 0 aliphatic rings. The number of halogens is 3. The van der Waals surface area contributed by atoms with Gasteiger partial charge in [-0.3, -0.25) is 4.79 Å². The van der Waals surface area contributed by atoms with Crippen LogP contribution >= 0.6 is 0 Å². The summed E-state index contributed by atoms with van der Waals surface area (Å²) in [6, 6.07) is 4.46. The van der Waals surface area contributed by atoms with E-state index in [1.165, 1.54) is 0 Å². The van der Waals surface area contributed by atoms with E-state index >= 15 is 0 Å². The number of rotatable bonds is 2. The Morgan fingerprint density at radius 2 is 2.12 bits per heavy atom. The van der Waals surface area contributed by atoms with E-state index in [0.29, 0.717) is 0 Å². The number of hydrogen-bond acceptors (Lipinski definition) is 3. The fourth-order valence-corrected chi connectivity index (χ4v) is 1.08. The van der Waals surface area contributed by atoms with E-state index in [0.717, 1.165) is 18.2 Å². The van der Waals surface area contributed by atoms with Gasteiger partial charge in [0.15, 0.2) is 0 Å². The lowest BCUT2D eigenvalue weighted by Crippen LogP contribution is -2.22. The molecule has 0 heterocycles. The highest BCUT2D eigenvalue weighted by atomic mass is 19.4. The summed E-state index contributed by atoms with van der Waals surface area (Å²) in [5.74, 6) is -2.16. The minimum absolute atomic E-state index is 0.130. The zero-order valence-electron chi connectivity index (χ0n) is 8.06. The lowest BCUT2D eigenvalue weighted by Gasteiger charge is -2.07. The van der Waals surface area contributed by atoms with Gasteiger partial charge in [0.25, 0.3) is 5.78 Å². The van der Waals surface area contributed by atoms with Gasteiger partial charge >= 0.3 is 6.18 Å². The molecule has 0 N–H and O–H groups in total. The molecule has 17 heavy (non-hydrogen) atoms. The van der Waals surface area contributed by atoms with Crippen molar-refractivity contribution in [1.29, 1.82) is 5.26 Å². The Morgan fingerprint density at radius 3 is 2.59 bits per heavy atom. The van der Waals surface area contributed by atoms with Gasteiger partial charge in [-0.05, 0) is 17.7 Å². The number of nitrogens with zero attached hydrogens (tertiary/aromatic N) is 4. The molecule has 1 aromatic carbocycles. The van der Waals surface area contributed by atoms with Crippen LogP contribution in [0.4, 0.5) is 18.9 Å². The maximum atomic E-state index is 12.2. The smallest absolute Gasteiger partial charge is 0.284 e. The molecule has 0 spiro atoms. The lowest BCUT2D eigenvalue weighted by atomic mass is 10.1. The van der Waals surface area contributed by atoms with Gasteiger partial charge in [-0.2, -0.15) is 18.4 Å². The van der Waals surface area contributed by atoms with Crippen LogP contribution < -0.4 is 0 Å². The molecule has 0 fully saturated rings. The van der Waals surface area contributed by atoms with Gasteiger partial charge in [0.1, 0.15) is 0 Å². The first kappa shape index (κ1) is 12.5. The maximum absolute atomic E-state index is 12.2. The first-order valence-corrected chi connectivity index (χ1v) is 4.11. The third kappa shape index (κ3) is 2.74. The highest BCUT2D eigenvalue weighted by Gasteiger charge is 2.40. The molecule has 1 aromatic rings. The minimum atomic E-state index is -5.09. The van der Waals surface area contributed by atoms with Gasteiger partial charge in [0.05, 0.1) is 11.6 Å². The molecule has 0 saturated heterocycles. The fourth-order valence-electron chi connectivity index (χ4n) is 1.08. The molecular weight excluding hydrogens is 237 g/mol. The first-order valence-electron chi connectivity index (χ1n) is 4.11. The second-order valence-electron chi connectivity index (χ2n) is 2.86. The Balaban J connectivity index is 3.43. The van der Waals surface area contributed by atoms with Crippen LogP contribution in [-0.2, 0) is 0 Å². The molecule has 1 rings (SSSR count). The second kappa shape index (κ2) is 4.55. The summed E-state index contributed by atoms with van der Waals surface area (Å²) in [4.78, 5) is 13.3. The largest absolute Gasteiger partial charge is 0.454 e. The van der Waals surface area contributed by atoms with Crippen LogP contribution in [0.2, 0.25) is 0 Å². The summed E-state index contributed by atoms with van der Waals surface area (Å²) in [7, 11) is 0. The summed E-state index contributed by atoms with van der Waals surface area (Å²) in [6.07, 6.45) is -5.09. The summed E-state index contributed by atoms with van der Waals surface area (Å²) >= 11 is 0. The van der Waals surface area contributed by atoms with E-state index in [4.69, 9.17) is 10.8 Å². The average molecular weight is 240 g/mol. The maximum Gasteiger partial charge on any atom is 0.454 e. The van der Waals surface area contributed by atoms with Gasteiger partial charge in [-0.15, -0.1) is 0 Å². The van der Waals surface area contributed by atoms with Crippen LogP contribution in [0.5, 0.6) is 0 Å².